The van der Waals surface area contributed by atoms with Gasteiger partial charge in [-0.1, -0.05) is 35.0 Å². The third kappa shape index (κ3) is 4.29. The van der Waals surface area contributed by atoms with Crippen molar-refractivity contribution in [3.63, 3.8) is 0 Å². The molecule has 1 saturated carbocycles. The van der Waals surface area contributed by atoms with Gasteiger partial charge in [-0.05, 0) is 57.6 Å². The highest BCUT2D eigenvalue weighted by molar-refractivity contribution is 6.33. The van der Waals surface area contributed by atoms with E-state index in [2.05, 4.69) is 20.0 Å². The molecule has 0 unspecified atom stereocenters. The average Bonchev–Trinajstić information content (AvgIpc) is 3.54. The zero-order valence-electron chi connectivity index (χ0n) is 19.5. The fourth-order valence-corrected chi connectivity index (χ4v) is 5.79. The number of nitrogens with zero attached hydrogens (tertiary/aromatic N) is 4. The summed E-state index contributed by atoms with van der Waals surface area (Å²) in [5.74, 6) is 0.827. The summed E-state index contributed by atoms with van der Waals surface area (Å²) in [4.78, 5) is 22.6. The minimum Gasteiger partial charge on any atom is -0.477 e. The Kier molecular flexibility index (Phi) is 5.73. The van der Waals surface area contributed by atoms with E-state index in [1.54, 1.807) is 0 Å². The SMILES string of the molecule is Cc1cc(C(=O)O)nc(N2[C@@H]3CC[C@H]2C[C@H](OCc2c(-c4ccccc4Cl)noc2C2CC2)C3)n1. The molecule has 2 saturated heterocycles. The summed E-state index contributed by atoms with van der Waals surface area (Å²) in [6.07, 6.45) is 6.06. The number of anilines is 1. The number of aromatic carboxylic acids is 1. The Labute approximate surface area is 208 Å². The summed E-state index contributed by atoms with van der Waals surface area (Å²) in [5.41, 5.74) is 3.34. The topological polar surface area (TPSA) is 102 Å². The summed E-state index contributed by atoms with van der Waals surface area (Å²) in [6.45, 7) is 2.24. The molecule has 3 atom stereocenters. The highest BCUT2D eigenvalue weighted by atomic mass is 35.5. The molecule has 182 valence electrons. The molecule has 1 aromatic carbocycles. The molecule has 4 heterocycles. The van der Waals surface area contributed by atoms with Gasteiger partial charge in [-0.3, -0.25) is 0 Å². The molecular formula is C26H27ClN4O4. The zero-order valence-corrected chi connectivity index (χ0v) is 20.2. The van der Waals surface area contributed by atoms with Gasteiger partial charge in [0.25, 0.3) is 0 Å². The lowest BCUT2D eigenvalue weighted by Gasteiger charge is -2.39. The minimum absolute atomic E-state index is 0.0393. The van der Waals surface area contributed by atoms with Crippen molar-refractivity contribution in [2.45, 2.75) is 76.2 Å². The lowest BCUT2D eigenvalue weighted by Crippen LogP contribution is -2.46. The maximum atomic E-state index is 11.5. The third-order valence-electron chi connectivity index (χ3n) is 7.34. The second-order valence-corrected chi connectivity index (χ2v) is 10.2. The second-order valence-electron chi connectivity index (χ2n) is 9.82. The summed E-state index contributed by atoms with van der Waals surface area (Å²) in [7, 11) is 0. The van der Waals surface area contributed by atoms with Gasteiger partial charge >= 0.3 is 5.97 Å². The molecule has 35 heavy (non-hydrogen) atoms. The van der Waals surface area contributed by atoms with E-state index in [-0.39, 0.29) is 23.9 Å². The molecule has 0 radical (unpaired) electrons. The number of hydrogen-bond acceptors (Lipinski definition) is 7. The number of carbonyl (C=O) groups is 1. The largest absolute Gasteiger partial charge is 0.477 e. The molecule has 3 aliphatic rings. The van der Waals surface area contributed by atoms with Crippen LogP contribution in [0.25, 0.3) is 11.3 Å². The van der Waals surface area contributed by atoms with E-state index in [9.17, 15) is 9.90 Å². The van der Waals surface area contributed by atoms with Crippen molar-refractivity contribution in [3.05, 3.63) is 58.1 Å². The molecule has 3 fully saturated rings. The molecule has 1 aliphatic carbocycles. The number of halogens is 1. The fraction of sp³-hybridized carbons (Fsp3) is 0.462. The molecule has 3 aromatic rings. The summed E-state index contributed by atoms with van der Waals surface area (Å²) >= 11 is 6.47. The number of aryl methyl sites for hydroxylation is 1. The summed E-state index contributed by atoms with van der Waals surface area (Å²) in [6, 6.07) is 9.66. The first-order chi connectivity index (χ1) is 17.0. The van der Waals surface area contributed by atoms with Gasteiger partial charge in [-0.25, -0.2) is 14.8 Å². The summed E-state index contributed by atoms with van der Waals surface area (Å²) in [5, 5.41) is 14.5. The first-order valence-electron chi connectivity index (χ1n) is 12.2. The van der Waals surface area contributed by atoms with Gasteiger partial charge in [0, 0.05) is 34.8 Å². The van der Waals surface area contributed by atoms with E-state index in [0.29, 0.717) is 29.2 Å². The van der Waals surface area contributed by atoms with Gasteiger partial charge in [0.1, 0.15) is 11.5 Å². The van der Waals surface area contributed by atoms with Crippen molar-refractivity contribution >= 4 is 23.5 Å². The lowest BCUT2D eigenvalue weighted by atomic mass is 9.99. The Hall–Kier alpha value is -2.97. The van der Waals surface area contributed by atoms with E-state index in [1.165, 1.54) is 6.07 Å². The molecule has 0 spiro atoms. The monoisotopic (exact) mass is 494 g/mol. The molecule has 2 bridgehead atoms. The van der Waals surface area contributed by atoms with Crippen LogP contribution in [0.3, 0.4) is 0 Å². The van der Waals surface area contributed by atoms with Crippen molar-refractivity contribution in [1.82, 2.24) is 15.1 Å². The molecule has 6 rings (SSSR count). The van der Waals surface area contributed by atoms with Gasteiger partial charge in [0.15, 0.2) is 5.69 Å². The van der Waals surface area contributed by atoms with Crippen LogP contribution in [0.5, 0.6) is 0 Å². The number of piperidine rings is 1. The van der Waals surface area contributed by atoms with Crippen molar-refractivity contribution < 1.29 is 19.2 Å². The first-order valence-corrected chi connectivity index (χ1v) is 12.6. The number of benzene rings is 1. The molecule has 2 aromatic heterocycles. The number of carboxylic acid groups (broad SMARTS) is 1. The number of fused-ring (bicyclic) bond motifs is 2. The Morgan fingerprint density at radius 2 is 1.91 bits per heavy atom. The molecule has 2 aliphatic heterocycles. The molecule has 1 N–H and O–H groups in total. The van der Waals surface area contributed by atoms with E-state index < -0.39 is 5.97 Å². The molecule has 8 nitrogen and oxygen atoms in total. The van der Waals surface area contributed by atoms with Crippen LogP contribution >= 0.6 is 11.6 Å². The highest BCUT2D eigenvalue weighted by Gasteiger charge is 2.43. The Bertz CT molecular complexity index is 1260. The smallest absolute Gasteiger partial charge is 0.354 e. The predicted octanol–water partition coefficient (Wildman–Crippen LogP) is 5.39. The first kappa shape index (κ1) is 22.5. The summed E-state index contributed by atoms with van der Waals surface area (Å²) < 4.78 is 12.3. The normalized spacial score (nSPS) is 23.6. The van der Waals surface area contributed by atoms with Crippen LogP contribution in [0, 0.1) is 6.92 Å². The van der Waals surface area contributed by atoms with E-state index in [0.717, 1.165) is 61.1 Å². The molecule has 0 amide bonds. The quantitative estimate of drug-likeness (QED) is 0.466. The van der Waals surface area contributed by atoms with Crippen LogP contribution in [-0.4, -0.2) is 44.4 Å². The van der Waals surface area contributed by atoms with Gasteiger partial charge in [0.2, 0.25) is 5.95 Å². The Morgan fingerprint density at radius 3 is 2.60 bits per heavy atom. The third-order valence-corrected chi connectivity index (χ3v) is 7.67. The zero-order chi connectivity index (χ0) is 24.1. The molecular weight excluding hydrogens is 468 g/mol. The van der Waals surface area contributed by atoms with Gasteiger partial charge in [0.05, 0.1) is 17.7 Å². The highest BCUT2D eigenvalue weighted by Crippen LogP contribution is 2.45. The van der Waals surface area contributed by atoms with Crippen LogP contribution in [0.2, 0.25) is 5.02 Å². The Balaban J connectivity index is 1.20. The molecule has 9 heteroatoms. The minimum atomic E-state index is -1.03. The second kappa shape index (κ2) is 8.91. The maximum Gasteiger partial charge on any atom is 0.354 e. The maximum absolute atomic E-state index is 11.5. The van der Waals surface area contributed by atoms with Crippen molar-refractivity contribution in [2.75, 3.05) is 4.90 Å². The van der Waals surface area contributed by atoms with Crippen molar-refractivity contribution in [2.24, 2.45) is 0 Å². The Morgan fingerprint density at radius 1 is 1.17 bits per heavy atom. The fourth-order valence-electron chi connectivity index (χ4n) is 5.56. The van der Waals surface area contributed by atoms with Gasteiger partial charge in [-0.2, -0.15) is 0 Å². The van der Waals surface area contributed by atoms with Crippen LogP contribution < -0.4 is 4.90 Å². The average molecular weight is 495 g/mol. The number of hydrogen-bond donors (Lipinski definition) is 1. The number of aromatic nitrogens is 3. The van der Waals surface area contributed by atoms with E-state index >= 15 is 0 Å². The van der Waals surface area contributed by atoms with Crippen molar-refractivity contribution in [1.29, 1.82) is 0 Å². The van der Waals surface area contributed by atoms with Crippen molar-refractivity contribution in [3.8, 4) is 11.3 Å². The van der Waals surface area contributed by atoms with Gasteiger partial charge in [-0.15, -0.1) is 0 Å². The van der Waals surface area contributed by atoms with Crippen LogP contribution in [0.15, 0.2) is 34.9 Å². The standard InChI is InChI=1S/C26H27ClN4O4/c1-14-10-22(25(32)33)29-26(28-14)31-16-8-9-17(31)12-18(11-16)34-13-20-23(19-4-2-3-5-21(19)27)30-35-24(20)15-6-7-15/h2-5,10,15-18H,6-9,11-13H2,1H3,(H,32,33)/t16-,17+,18-. The lowest BCUT2D eigenvalue weighted by molar-refractivity contribution is 0.0144. The number of rotatable bonds is 7. The van der Waals surface area contributed by atoms with Crippen LogP contribution in [0.1, 0.15) is 71.9 Å². The van der Waals surface area contributed by atoms with Crippen LogP contribution in [-0.2, 0) is 11.3 Å². The van der Waals surface area contributed by atoms with E-state index in [4.69, 9.17) is 20.9 Å². The van der Waals surface area contributed by atoms with Crippen LogP contribution in [0.4, 0.5) is 5.95 Å². The number of carboxylic acids is 1. The van der Waals surface area contributed by atoms with E-state index in [1.807, 2.05) is 31.2 Å². The number of ether oxygens (including phenoxy) is 1. The van der Waals surface area contributed by atoms with Gasteiger partial charge < -0.3 is 19.3 Å². The predicted molar refractivity (Wildman–Crippen MR) is 130 cm³/mol.